The average molecular weight is 403 g/mol. The van der Waals surface area contributed by atoms with Gasteiger partial charge in [0.05, 0.1) is 13.6 Å². The quantitative estimate of drug-likeness (QED) is 0.702. The van der Waals surface area contributed by atoms with Crippen molar-refractivity contribution < 1.29 is 0 Å². The molecule has 0 spiro atoms. The molecule has 0 saturated heterocycles. The van der Waals surface area contributed by atoms with Crippen LogP contribution < -0.4 is 5.32 Å². The normalized spacial score (nSPS) is 12.7. The molecule has 4 heteroatoms. The van der Waals surface area contributed by atoms with Gasteiger partial charge < -0.3 is 5.32 Å². The van der Waals surface area contributed by atoms with Crippen LogP contribution in [0.3, 0.4) is 0 Å². The van der Waals surface area contributed by atoms with Gasteiger partial charge >= 0.3 is 0 Å². The van der Waals surface area contributed by atoms with Crippen molar-refractivity contribution in [3.05, 3.63) is 54.1 Å². The minimum Gasteiger partial charge on any atom is -0.306 e. The molecule has 19 heavy (non-hydrogen) atoms. The summed E-state index contributed by atoms with van der Waals surface area (Å²) in [5, 5.41) is 3.61. The highest BCUT2D eigenvalue weighted by Gasteiger charge is 2.21. The Kier molecular flexibility index (Phi) is 5.23. The number of thiophene rings is 1. The summed E-state index contributed by atoms with van der Waals surface area (Å²) in [5.41, 5.74) is 5.35. The van der Waals surface area contributed by atoms with Crippen molar-refractivity contribution in [2.75, 3.05) is 6.54 Å². The summed E-state index contributed by atoms with van der Waals surface area (Å²) >= 11 is 8.98. The third-order valence-corrected chi connectivity index (χ3v) is 5.62. The van der Waals surface area contributed by atoms with Crippen LogP contribution in [0.4, 0.5) is 0 Å². The predicted octanol–water partition coefficient (Wildman–Crippen LogP) is 5.59. The van der Waals surface area contributed by atoms with Gasteiger partial charge in [-0.3, -0.25) is 0 Å². The maximum atomic E-state index is 3.68. The number of rotatable bonds is 4. The molecule has 1 aromatic carbocycles. The molecule has 102 valence electrons. The molecule has 0 aliphatic rings. The Balaban J connectivity index is 2.54. The van der Waals surface area contributed by atoms with Gasteiger partial charge in [0.15, 0.2) is 0 Å². The summed E-state index contributed by atoms with van der Waals surface area (Å²) in [4.78, 5) is 0. The molecule has 0 aliphatic heterocycles. The van der Waals surface area contributed by atoms with E-state index in [1.54, 1.807) is 11.3 Å². The van der Waals surface area contributed by atoms with E-state index in [4.69, 9.17) is 0 Å². The smallest absolute Gasteiger partial charge is 0.0761 e. The van der Waals surface area contributed by atoms with E-state index in [1.807, 2.05) is 0 Å². The minimum absolute atomic E-state index is 0.239. The molecule has 2 rings (SSSR count). The summed E-state index contributed by atoms with van der Waals surface area (Å²) in [6.07, 6.45) is 0. The lowest BCUT2D eigenvalue weighted by Gasteiger charge is -2.22. The van der Waals surface area contributed by atoms with Crippen molar-refractivity contribution in [3.63, 3.8) is 0 Å². The van der Waals surface area contributed by atoms with Gasteiger partial charge in [0.1, 0.15) is 0 Å². The molecule has 1 heterocycles. The first kappa shape index (κ1) is 15.2. The lowest BCUT2D eigenvalue weighted by atomic mass is 9.92. The van der Waals surface area contributed by atoms with Gasteiger partial charge in [-0.15, -0.1) is 11.3 Å². The number of hydrogen-bond donors (Lipinski definition) is 1. The number of hydrogen-bond acceptors (Lipinski definition) is 2. The van der Waals surface area contributed by atoms with Gasteiger partial charge in [-0.25, -0.2) is 0 Å². The number of halogens is 2. The van der Waals surface area contributed by atoms with Crippen LogP contribution in [0.2, 0.25) is 0 Å². The van der Waals surface area contributed by atoms with Gasteiger partial charge in [0.25, 0.3) is 0 Å². The molecule has 0 bridgehead atoms. The predicted molar refractivity (Wildman–Crippen MR) is 91.2 cm³/mol. The second kappa shape index (κ2) is 6.53. The van der Waals surface area contributed by atoms with Crippen molar-refractivity contribution in [3.8, 4) is 0 Å². The van der Waals surface area contributed by atoms with Crippen LogP contribution in [-0.4, -0.2) is 6.54 Å². The zero-order valence-electron chi connectivity index (χ0n) is 11.3. The van der Waals surface area contributed by atoms with Crippen molar-refractivity contribution in [1.82, 2.24) is 5.32 Å². The lowest BCUT2D eigenvalue weighted by molar-refractivity contribution is 0.624. The van der Waals surface area contributed by atoms with Crippen LogP contribution in [0.1, 0.15) is 35.2 Å². The molecule has 2 aromatic rings. The highest BCUT2D eigenvalue weighted by molar-refractivity contribution is 9.12. The molecule has 0 saturated carbocycles. The number of aryl methyl sites for hydroxylation is 2. The van der Waals surface area contributed by atoms with Gasteiger partial charge in [-0.1, -0.05) is 25.1 Å². The van der Waals surface area contributed by atoms with Crippen molar-refractivity contribution in [2.24, 2.45) is 0 Å². The molecular formula is C15H17Br2NS. The number of benzene rings is 1. The van der Waals surface area contributed by atoms with E-state index < -0.39 is 0 Å². The first-order chi connectivity index (χ1) is 9.04. The van der Waals surface area contributed by atoms with Crippen LogP contribution in [-0.2, 0) is 0 Å². The second-order valence-electron chi connectivity index (χ2n) is 4.58. The molecule has 1 aromatic heterocycles. The lowest BCUT2D eigenvalue weighted by Crippen LogP contribution is -2.23. The summed E-state index contributed by atoms with van der Waals surface area (Å²) < 4.78 is 2.34. The van der Waals surface area contributed by atoms with E-state index in [1.165, 1.54) is 26.0 Å². The van der Waals surface area contributed by atoms with Crippen LogP contribution in [0, 0.1) is 13.8 Å². The Labute approximate surface area is 135 Å². The zero-order chi connectivity index (χ0) is 14.0. The largest absolute Gasteiger partial charge is 0.306 e. The molecule has 1 atom stereocenters. The fraction of sp³-hybridized carbons (Fsp3) is 0.333. The molecule has 0 radical (unpaired) electrons. The van der Waals surface area contributed by atoms with Crippen LogP contribution in [0.25, 0.3) is 0 Å². The SMILES string of the molecule is CCNC(c1cc(Br)sc1Br)c1c(C)cccc1C. The third-order valence-electron chi connectivity index (χ3n) is 3.23. The van der Waals surface area contributed by atoms with Gasteiger partial charge in [0, 0.05) is 0 Å². The maximum absolute atomic E-state index is 3.68. The Morgan fingerprint density at radius 1 is 1.21 bits per heavy atom. The van der Waals surface area contributed by atoms with Crippen LogP contribution in [0.5, 0.6) is 0 Å². The summed E-state index contributed by atoms with van der Waals surface area (Å²) in [7, 11) is 0. The molecule has 1 N–H and O–H groups in total. The second-order valence-corrected chi connectivity index (χ2v) is 8.33. The van der Waals surface area contributed by atoms with Crippen molar-refractivity contribution >= 4 is 43.2 Å². The third kappa shape index (κ3) is 3.30. The summed E-state index contributed by atoms with van der Waals surface area (Å²) in [6.45, 7) is 7.46. The minimum atomic E-state index is 0.239. The summed E-state index contributed by atoms with van der Waals surface area (Å²) in [5.74, 6) is 0. The fourth-order valence-corrected chi connectivity index (χ4v) is 5.31. The monoisotopic (exact) mass is 401 g/mol. The van der Waals surface area contributed by atoms with E-state index in [-0.39, 0.29) is 6.04 Å². The average Bonchev–Trinajstić information content (AvgIpc) is 2.67. The molecule has 1 nitrogen and oxygen atoms in total. The molecule has 0 amide bonds. The number of nitrogens with one attached hydrogen (secondary N) is 1. The van der Waals surface area contributed by atoms with E-state index >= 15 is 0 Å². The van der Waals surface area contributed by atoms with Crippen LogP contribution >= 0.6 is 43.2 Å². The molecular weight excluding hydrogens is 386 g/mol. The van der Waals surface area contributed by atoms with E-state index in [2.05, 4.69) is 82.2 Å². The van der Waals surface area contributed by atoms with Gasteiger partial charge in [-0.2, -0.15) is 0 Å². The fourth-order valence-electron chi connectivity index (χ4n) is 2.40. The van der Waals surface area contributed by atoms with E-state index in [0.29, 0.717) is 0 Å². The van der Waals surface area contributed by atoms with E-state index in [0.717, 1.165) is 10.3 Å². The van der Waals surface area contributed by atoms with Gasteiger partial charge in [0.2, 0.25) is 0 Å². The Bertz CT molecular complexity index is 557. The molecule has 1 unspecified atom stereocenters. The van der Waals surface area contributed by atoms with Crippen LogP contribution in [0.15, 0.2) is 31.8 Å². The van der Waals surface area contributed by atoms with E-state index in [9.17, 15) is 0 Å². The Hall–Kier alpha value is -0.160. The first-order valence-electron chi connectivity index (χ1n) is 6.28. The standard InChI is InChI=1S/C15H17Br2NS/c1-4-18-14(11-8-12(16)19-15(11)17)13-9(2)6-5-7-10(13)3/h5-8,14,18H,4H2,1-3H3. The first-order valence-corrected chi connectivity index (χ1v) is 8.69. The van der Waals surface area contributed by atoms with Crippen molar-refractivity contribution in [2.45, 2.75) is 26.8 Å². The molecule has 0 fully saturated rings. The highest BCUT2D eigenvalue weighted by Crippen LogP contribution is 2.39. The topological polar surface area (TPSA) is 12.0 Å². The van der Waals surface area contributed by atoms with Gasteiger partial charge in [-0.05, 0) is 80.6 Å². The Morgan fingerprint density at radius 2 is 1.84 bits per heavy atom. The van der Waals surface area contributed by atoms with Crippen molar-refractivity contribution in [1.29, 1.82) is 0 Å². The summed E-state index contributed by atoms with van der Waals surface area (Å²) in [6, 6.07) is 8.93. The molecule has 0 aliphatic carbocycles. The zero-order valence-corrected chi connectivity index (χ0v) is 15.2. The Morgan fingerprint density at radius 3 is 2.32 bits per heavy atom. The highest BCUT2D eigenvalue weighted by atomic mass is 79.9. The maximum Gasteiger partial charge on any atom is 0.0761 e.